The van der Waals surface area contributed by atoms with Gasteiger partial charge in [0.05, 0.1) is 0 Å². The minimum atomic E-state index is -0.327. The van der Waals surface area contributed by atoms with Crippen LogP contribution in [0.5, 0.6) is 0 Å². The van der Waals surface area contributed by atoms with Crippen LogP contribution in [0.15, 0.2) is 0 Å². The van der Waals surface area contributed by atoms with E-state index in [1.807, 2.05) is 23.6 Å². The summed E-state index contributed by atoms with van der Waals surface area (Å²) in [6.07, 6.45) is 1.10. The highest BCUT2D eigenvalue weighted by molar-refractivity contribution is 7.99. The van der Waals surface area contributed by atoms with Crippen molar-refractivity contribution in [3.8, 4) is 0 Å². The smallest absolute Gasteiger partial charge is 0.245 e. The zero-order valence-corrected chi connectivity index (χ0v) is 12.4. The second kappa shape index (κ2) is 7.14. The Labute approximate surface area is 119 Å². The molecular formula is C13H23N3O2S. The van der Waals surface area contributed by atoms with Gasteiger partial charge in [-0.25, -0.2) is 0 Å². The van der Waals surface area contributed by atoms with Crippen LogP contribution in [-0.4, -0.2) is 71.9 Å². The third-order valence-electron chi connectivity index (χ3n) is 3.75. The highest BCUT2D eigenvalue weighted by atomic mass is 32.2. The maximum absolute atomic E-state index is 12.3. The molecule has 2 saturated heterocycles. The standard InChI is InChI=1S/C13H23N3O2S/c1-2-11-13(18)16(4-3-12(17)14-11)6-5-15-7-9-19-10-8-15/h11H,2-10H2,1H3,(H,14,17). The Bertz CT molecular complexity index is 332. The van der Waals surface area contributed by atoms with Crippen molar-refractivity contribution in [1.82, 2.24) is 15.1 Å². The number of thioether (sulfide) groups is 1. The van der Waals surface area contributed by atoms with Gasteiger partial charge in [-0.2, -0.15) is 11.8 Å². The van der Waals surface area contributed by atoms with Crippen LogP contribution in [0.3, 0.4) is 0 Å². The fourth-order valence-electron chi connectivity index (χ4n) is 2.48. The molecule has 6 heteroatoms. The summed E-state index contributed by atoms with van der Waals surface area (Å²) in [5.41, 5.74) is 0. The van der Waals surface area contributed by atoms with Crippen molar-refractivity contribution >= 4 is 23.6 Å². The van der Waals surface area contributed by atoms with Crippen molar-refractivity contribution in [1.29, 1.82) is 0 Å². The minimum absolute atomic E-state index is 0.00271. The van der Waals surface area contributed by atoms with Gasteiger partial charge in [-0.1, -0.05) is 6.92 Å². The van der Waals surface area contributed by atoms with Crippen molar-refractivity contribution < 1.29 is 9.59 Å². The summed E-state index contributed by atoms with van der Waals surface area (Å²) in [4.78, 5) is 28.1. The lowest BCUT2D eigenvalue weighted by atomic mass is 10.2. The van der Waals surface area contributed by atoms with Crippen LogP contribution in [0.1, 0.15) is 19.8 Å². The van der Waals surface area contributed by atoms with Crippen molar-refractivity contribution in [2.24, 2.45) is 0 Å². The lowest BCUT2D eigenvalue weighted by molar-refractivity contribution is -0.133. The Kier molecular flexibility index (Phi) is 5.51. The first-order chi connectivity index (χ1) is 9.20. The fourth-order valence-corrected chi connectivity index (χ4v) is 3.46. The van der Waals surface area contributed by atoms with E-state index >= 15 is 0 Å². The van der Waals surface area contributed by atoms with Gasteiger partial charge in [0.1, 0.15) is 6.04 Å². The number of nitrogens with zero attached hydrogens (tertiary/aromatic N) is 2. The van der Waals surface area contributed by atoms with Gasteiger partial charge in [0.15, 0.2) is 0 Å². The number of hydrogen-bond donors (Lipinski definition) is 1. The Morgan fingerprint density at radius 3 is 2.63 bits per heavy atom. The zero-order valence-electron chi connectivity index (χ0n) is 11.6. The number of carbonyl (C=O) groups is 2. The predicted molar refractivity (Wildman–Crippen MR) is 77.2 cm³/mol. The van der Waals surface area contributed by atoms with Gasteiger partial charge in [0.2, 0.25) is 11.8 Å². The molecule has 2 rings (SSSR count). The van der Waals surface area contributed by atoms with Crippen LogP contribution in [0.2, 0.25) is 0 Å². The van der Waals surface area contributed by atoms with E-state index in [2.05, 4.69) is 10.2 Å². The molecule has 0 radical (unpaired) electrons. The maximum Gasteiger partial charge on any atom is 0.245 e. The topological polar surface area (TPSA) is 52.7 Å². The van der Waals surface area contributed by atoms with E-state index in [-0.39, 0.29) is 17.9 Å². The SMILES string of the molecule is CCC1NC(=O)CCN(CCN2CCSCC2)C1=O. The summed E-state index contributed by atoms with van der Waals surface area (Å²) in [6.45, 7) is 6.39. The molecule has 1 atom stereocenters. The molecule has 2 aliphatic rings. The molecule has 108 valence electrons. The van der Waals surface area contributed by atoms with E-state index in [9.17, 15) is 9.59 Å². The molecule has 0 aromatic heterocycles. The van der Waals surface area contributed by atoms with Crippen molar-refractivity contribution in [2.45, 2.75) is 25.8 Å². The first-order valence-electron chi connectivity index (χ1n) is 7.09. The molecule has 0 saturated carbocycles. The predicted octanol–water partition coefficient (Wildman–Crippen LogP) is 0.162. The molecule has 0 aliphatic carbocycles. The summed E-state index contributed by atoms with van der Waals surface area (Å²) in [5, 5.41) is 2.80. The van der Waals surface area contributed by atoms with E-state index in [1.165, 1.54) is 11.5 Å². The highest BCUT2D eigenvalue weighted by Crippen LogP contribution is 2.10. The van der Waals surface area contributed by atoms with E-state index in [0.717, 1.165) is 26.2 Å². The average Bonchev–Trinajstić information content (AvgIpc) is 2.58. The second-order valence-corrected chi connectivity index (χ2v) is 6.28. The molecule has 0 bridgehead atoms. The number of carbonyl (C=O) groups excluding carboxylic acids is 2. The van der Waals surface area contributed by atoms with Gasteiger partial charge in [-0.3, -0.25) is 14.5 Å². The van der Waals surface area contributed by atoms with E-state index in [1.54, 1.807) is 0 Å². The van der Waals surface area contributed by atoms with E-state index in [4.69, 9.17) is 0 Å². The molecule has 2 aliphatic heterocycles. The molecule has 0 aromatic rings. The number of amides is 2. The molecule has 2 amide bonds. The van der Waals surface area contributed by atoms with Gasteiger partial charge in [0.25, 0.3) is 0 Å². The Hall–Kier alpha value is -0.750. The maximum atomic E-state index is 12.3. The van der Waals surface area contributed by atoms with E-state index < -0.39 is 0 Å². The third-order valence-corrected chi connectivity index (χ3v) is 4.69. The fraction of sp³-hybridized carbons (Fsp3) is 0.846. The number of rotatable bonds is 4. The third kappa shape index (κ3) is 4.11. The Morgan fingerprint density at radius 2 is 1.95 bits per heavy atom. The minimum Gasteiger partial charge on any atom is -0.344 e. The van der Waals surface area contributed by atoms with Crippen molar-refractivity contribution in [2.75, 3.05) is 44.2 Å². The van der Waals surface area contributed by atoms with Gasteiger partial charge in [0, 0.05) is 50.7 Å². The van der Waals surface area contributed by atoms with Crippen LogP contribution in [0, 0.1) is 0 Å². The van der Waals surface area contributed by atoms with Gasteiger partial charge in [-0.15, -0.1) is 0 Å². The molecule has 1 unspecified atom stereocenters. The summed E-state index contributed by atoms with van der Waals surface area (Å²) in [7, 11) is 0. The second-order valence-electron chi connectivity index (χ2n) is 5.06. The van der Waals surface area contributed by atoms with Crippen LogP contribution < -0.4 is 5.32 Å². The van der Waals surface area contributed by atoms with Crippen molar-refractivity contribution in [3.05, 3.63) is 0 Å². The molecule has 19 heavy (non-hydrogen) atoms. The molecule has 5 nitrogen and oxygen atoms in total. The van der Waals surface area contributed by atoms with E-state index in [0.29, 0.717) is 19.4 Å². The molecule has 1 N–H and O–H groups in total. The van der Waals surface area contributed by atoms with Crippen LogP contribution in [-0.2, 0) is 9.59 Å². The van der Waals surface area contributed by atoms with Crippen LogP contribution in [0.25, 0.3) is 0 Å². The number of hydrogen-bond acceptors (Lipinski definition) is 4. The largest absolute Gasteiger partial charge is 0.344 e. The zero-order chi connectivity index (χ0) is 13.7. The molecule has 2 heterocycles. The quantitative estimate of drug-likeness (QED) is 0.799. The molecular weight excluding hydrogens is 262 g/mol. The highest BCUT2D eigenvalue weighted by Gasteiger charge is 2.28. The lowest BCUT2D eigenvalue weighted by Gasteiger charge is -2.30. The first-order valence-corrected chi connectivity index (χ1v) is 8.24. The van der Waals surface area contributed by atoms with Crippen LogP contribution >= 0.6 is 11.8 Å². The van der Waals surface area contributed by atoms with Gasteiger partial charge < -0.3 is 10.2 Å². The normalized spacial score (nSPS) is 26.2. The molecule has 2 fully saturated rings. The summed E-state index contributed by atoms with van der Waals surface area (Å²) in [5.74, 6) is 2.45. The van der Waals surface area contributed by atoms with Gasteiger partial charge >= 0.3 is 0 Å². The first kappa shape index (κ1) is 14.7. The monoisotopic (exact) mass is 285 g/mol. The van der Waals surface area contributed by atoms with Crippen molar-refractivity contribution in [3.63, 3.8) is 0 Å². The molecule has 0 spiro atoms. The average molecular weight is 285 g/mol. The van der Waals surface area contributed by atoms with Gasteiger partial charge in [-0.05, 0) is 6.42 Å². The summed E-state index contributed by atoms with van der Waals surface area (Å²) >= 11 is 1.99. The van der Waals surface area contributed by atoms with Crippen LogP contribution in [0.4, 0.5) is 0 Å². The summed E-state index contributed by atoms with van der Waals surface area (Å²) < 4.78 is 0. The number of nitrogens with one attached hydrogen (secondary N) is 1. The molecule has 0 aromatic carbocycles. The Balaban J connectivity index is 1.86. The lowest BCUT2D eigenvalue weighted by Crippen LogP contribution is -2.47. The summed E-state index contributed by atoms with van der Waals surface area (Å²) in [6, 6.07) is -0.327. The Morgan fingerprint density at radius 1 is 1.21 bits per heavy atom.